The lowest BCUT2D eigenvalue weighted by Crippen LogP contribution is -2.31. The molecule has 0 spiro atoms. The average molecular weight is 100 g/mol. The number of rotatable bonds is 1. The molecule has 0 bridgehead atoms. The molecule has 0 aliphatic carbocycles. The Labute approximate surface area is 44.7 Å². The van der Waals surface area contributed by atoms with Crippen molar-refractivity contribution in [1.29, 1.82) is 0 Å². The zero-order chi connectivity index (χ0) is 5.28. The van der Waals surface area contributed by atoms with E-state index in [1.807, 2.05) is 0 Å². The third kappa shape index (κ3) is 0.942. The van der Waals surface area contributed by atoms with E-state index in [-0.39, 0.29) is 0 Å². The topological polar surface area (TPSA) is 9.23 Å². The van der Waals surface area contributed by atoms with Gasteiger partial charge in [0.05, 0.1) is 13.2 Å². The summed E-state index contributed by atoms with van der Waals surface area (Å²) in [5, 5.41) is 0. The van der Waals surface area contributed by atoms with E-state index in [1.165, 1.54) is 0 Å². The molecule has 0 amide bonds. The van der Waals surface area contributed by atoms with Gasteiger partial charge in [0.2, 0.25) is 0 Å². The summed E-state index contributed by atoms with van der Waals surface area (Å²) in [4.78, 5) is 0. The Hall–Kier alpha value is -0.0400. The van der Waals surface area contributed by atoms with Gasteiger partial charge in [-0.25, -0.2) is 0 Å². The van der Waals surface area contributed by atoms with E-state index in [2.05, 4.69) is 13.8 Å². The summed E-state index contributed by atoms with van der Waals surface area (Å²) in [7, 11) is 0. The Balaban J connectivity index is 2.14. The van der Waals surface area contributed by atoms with Gasteiger partial charge in [-0.2, -0.15) is 0 Å². The maximum absolute atomic E-state index is 5.00. The van der Waals surface area contributed by atoms with Gasteiger partial charge in [-0.3, -0.25) is 0 Å². The zero-order valence-electron chi connectivity index (χ0n) is 4.98. The molecule has 0 saturated carbocycles. The van der Waals surface area contributed by atoms with Crippen LogP contribution in [0.15, 0.2) is 0 Å². The van der Waals surface area contributed by atoms with E-state index < -0.39 is 0 Å². The van der Waals surface area contributed by atoms with Gasteiger partial charge in [-0.05, 0) is 5.92 Å². The van der Waals surface area contributed by atoms with E-state index in [0.29, 0.717) is 0 Å². The standard InChI is InChI=1S/C6H12O/c1-5(2)6-3-7-4-6/h5-6H,3-4H2,1-2H3. The molecule has 7 heavy (non-hydrogen) atoms. The predicted octanol–water partition coefficient (Wildman–Crippen LogP) is 1.29. The third-order valence-corrected chi connectivity index (χ3v) is 1.61. The highest BCUT2D eigenvalue weighted by Gasteiger charge is 2.20. The monoisotopic (exact) mass is 100 g/mol. The molecular formula is C6H12O. The molecule has 1 heterocycles. The Morgan fingerprint density at radius 1 is 1.43 bits per heavy atom. The third-order valence-electron chi connectivity index (χ3n) is 1.61. The van der Waals surface area contributed by atoms with Crippen molar-refractivity contribution in [1.82, 2.24) is 0 Å². The number of hydrogen-bond donors (Lipinski definition) is 0. The molecule has 1 saturated heterocycles. The molecule has 0 aromatic carbocycles. The van der Waals surface area contributed by atoms with E-state index in [0.717, 1.165) is 25.0 Å². The normalized spacial score (nSPS) is 22.7. The van der Waals surface area contributed by atoms with Crippen molar-refractivity contribution in [3.63, 3.8) is 0 Å². The van der Waals surface area contributed by atoms with Crippen molar-refractivity contribution >= 4 is 0 Å². The lowest BCUT2D eigenvalue weighted by Gasteiger charge is -2.29. The maximum atomic E-state index is 5.00. The molecule has 0 N–H and O–H groups in total. The highest BCUT2D eigenvalue weighted by atomic mass is 16.5. The molecule has 0 atom stereocenters. The Bertz CT molecular complexity index is 55.2. The maximum Gasteiger partial charge on any atom is 0.0518 e. The van der Waals surface area contributed by atoms with Gasteiger partial charge in [0.25, 0.3) is 0 Å². The van der Waals surface area contributed by atoms with Crippen LogP contribution in [0.1, 0.15) is 13.8 Å². The quantitative estimate of drug-likeness (QED) is 0.482. The van der Waals surface area contributed by atoms with Gasteiger partial charge >= 0.3 is 0 Å². The van der Waals surface area contributed by atoms with Crippen molar-refractivity contribution in [2.75, 3.05) is 13.2 Å². The van der Waals surface area contributed by atoms with Crippen LogP contribution in [0.25, 0.3) is 0 Å². The van der Waals surface area contributed by atoms with Gasteiger partial charge < -0.3 is 4.74 Å². The predicted molar refractivity (Wildman–Crippen MR) is 29.1 cm³/mol. The van der Waals surface area contributed by atoms with Crippen LogP contribution in [0.2, 0.25) is 0 Å². The first-order valence-corrected chi connectivity index (χ1v) is 2.88. The second-order valence-corrected chi connectivity index (χ2v) is 2.54. The van der Waals surface area contributed by atoms with Crippen LogP contribution in [0.4, 0.5) is 0 Å². The van der Waals surface area contributed by atoms with Crippen LogP contribution < -0.4 is 0 Å². The zero-order valence-corrected chi connectivity index (χ0v) is 4.98. The van der Waals surface area contributed by atoms with Crippen LogP contribution in [0, 0.1) is 11.8 Å². The Morgan fingerprint density at radius 3 is 2.00 bits per heavy atom. The van der Waals surface area contributed by atoms with Crippen molar-refractivity contribution in [2.24, 2.45) is 11.8 Å². The van der Waals surface area contributed by atoms with Gasteiger partial charge in [0.15, 0.2) is 0 Å². The molecule has 0 aromatic heterocycles. The van der Waals surface area contributed by atoms with Crippen LogP contribution >= 0.6 is 0 Å². The Morgan fingerprint density at radius 2 is 2.00 bits per heavy atom. The summed E-state index contributed by atoms with van der Waals surface area (Å²) in [5.41, 5.74) is 0. The Kier molecular flexibility index (Phi) is 1.33. The highest BCUT2D eigenvalue weighted by molar-refractivity contribution is 4.67. The van der Waals surface area contributed by atoms with Crippen molar-refractivity contribution in [3.8, 4) is 0 Å². The summed E-state index contributed by atoms with van der Waals surface area (Å²) in [6, 6.07) is 0. The van der Waals surface area contributed by atoms with Crippen LogP contribution in [0.3, 0.4) is 0 Å². The minimum atomic E-state index is 0.828. The first kappa shape index (κ1) is 5.10. The summed E-state index contributed by atoms with van der Waals surface area (Å²) in [5.74, 6) is 1.69. The van der Waals surface area contributed by atoms with E-state index in [1.54, 1.807) is 0 Å². The molecule has 1 aliphatic rings. The highest BCUT2D eigenvalue weighted by Crippen LogP contribution is 2.18. The molecule has 1 nitrogen and oxygen atoms in total. The molecule has 1 heteroatoms. The first-order valence-electron chi connectivity index (χ1n) is 2.88. The molecule has 42 valence electrons. The largest absolute Gasteiger partial charge is 0.381 e. The molecular weight excluding hydrogens is 88.1 g/mol. The van der Waals surface area contributed by atoms with E-state index >= 15 is 0 Å². The van der Waals surface area contributed by atoms with E-state index in [9.17, 15) is 0 Å². The van der Waals surface area contributed by atoms with Gasteiger partial charge in [0.1, 0.15) is 0 Å². The molecule has 1 aliphatic heterocycles. The second kappa shape index (κ2) is 1.83. The van der Waals surface area contributed by atoms with Crippen molar-refractivity contribution in [3.05, 3.63) is 0 Å². The second-order valence-electron chi connectivity index (χ2n) is 2.54. The number of hydrogen-bond acceptors (Lipinski definition) is 1. The SMILES string of the molecule is CC(C)C1COC1. The van der Waals surface area contributed by atoms with Gasteiger partial charge in [-0.15, -0.1) is 0 Å². The minimum Gasteiger partial charge on any atom is -0.381 e. The molecule has 0 radical (unpaired) electrons. The fourth-order valence-electron chi connectivity index (χ4n) is 0.639. The lowest BCUT2D eigenvalue weighted by molar-refractivity contribution is -0.0534. The van der Waals surface area contributed by atoms with Crippen molar-refractivity contribution in [2.45, 2.75) is 13.8 Å². The van der Waals surface area contributed by atoms with Gasteiger partial charge in [-0.1, -0.05) is 13.8 Å². The summed E-state index contributed by atoms with van der Waals surface area (Å²) in [6.07, 6.45) is 0. The van der Waals surface area contributed by atoms with Crippen molar-refractivity contribution < 1.29 is 4.74 Å². The van der Waals surface area contributed by atoms with E-state index in [4.69, 9.17) is 4.74 Å². The van der Waals surface area contributed by atoms with Crippen LogP contribution in [0.5, 0.6) is 0 Å². The number of ether oxygens (including phenoxy) is 1. The minimum absolute atomic E-state index is 0.828. The van der Waals surface area contributed by atoms with Crippen LogP contribution in [-0.2, 0) is 4.74 Å². The summed E-state index contributed by atoms with van der Waals surface area (Å²) in [6.45, 7) is 6.48. The lowest BCUT2D eigenvalue weighted by atomic mass is 9.95. The average Bonchev–Trinajstić information content (AvgIpc) is 1.23. The summed E-state index contributed by atoms with van der Waals surface area (Å²) >= 11 is 0. The van der Waals surface area contributed by atoms with Crippen LogP contribution in [-0.4, -0.2) is 13.2 Å². The fraction of sp³-hybridized carbons (Fsp3) is 1.00. The molecule has 0 unspecified atom stereocenters. The summed E-state index contributed by atoms with van der Waals surface area (Å²) < 4.78 is 5.00. The fourth-order valence-corrected chi connectivity index (χ4v) is 0.639. The molecule has 1 fully saturated rings. The first-order chi connectivity index (χ1) is 3.30. The van der Waals surface area contributed by atoms with Gasteiger partial charge in [0, 0.05) is 5.92 Å². The molecule has 0 aromatic rings. The smallest absolute Gasteiger partial charge is 0.0518 e. The molecule has 1 rings (SSSR count).